The van der Waals surface area contributed by atoms with Crippen molar-refractivity contribution in [2.45, 2.75) is 25.9 Å². The van der Waals surface area contributed by atoms with Crippen molar-refractivity contribution in [2.24, 2.45) is 0 Å². The molecule has 4 heterocycles. The third-order valence-electron chi connectivity index (χ3n) is 7.15. The van der Waals surface area contributed by atoms with E-state index in [1.807, 2.05) is 44.6 Å². The van der Waals surface area contributed by atoms with Crippen LogP contribution in [0.15, 0.2) is 72.9 Å². The Morgan fingerprint density at radius 2 is 1.70 bits per heavy atom. The van der Waals surface area contributed by atoms with E-state index in [-0.39, 0.29) is 18.9 Å². The fraction of sp³-hybridized carbons (Fsp3) is 0.241. The van der Waals surface area contributed by atoms with Crippen molar-refractivity contribution >= 4 is 28.7 Å². The van der Waals surface area contributed by atoms with Crippen LogP contribution in [0.3, 0.4) is 0 Å². The quantitative estimate of drug-likeness (QED) is 0.357. The van der Waals surface area contributed by atoms with Gasteiger partial charge in [-0.2, -0.15) is 0 Å². The summed E-state index contributed by atoms with van der Waals surface area (Å²) in [5.41, 5.74) is 7.64. The fourth-order valence-corrected chi connectivity index (χ4v) is 5.71. The van der Waals surface area contributed by atoms with E-state index < -0.39 is 0 Å². The molecule has 2 unspecified atom stereocenters. The standard InChI is InChI=1S/C29H29N5O2S/c1-18-15-23(19(2)33(18)22-12-13-25-26(16-22)36-17-35-25)28-27(24-7-5-6-14-30-24)31-29(37)34(28)21-10-8-20(9-11-21)32(3)4/h5-16,27-28H,17H2,1-4H3,(H,31,37). The van der Waals surface area contributed by atoms with Crippen LogP contribution in [0.2, 0.25) is 0 Å². The number of fused-ring (bicyclic) bond motifs is 1. The summed E-state index contributed by atoms with van der Waals surface area (Å²) in [5.74, 6) is 1.54. The van der Waals surface area contributed by atoms with Crippen molar-refractivity contribution in [3.05, 3.63) is 95.6 Å². The smallest absolute Gasteiger partial charge is 0.231 e. The summed E-state index contributed by atoms with van der Waals surface area (Å²) in [6.07, 6.45) is 1.83. The molecule has 1 N–H and O–H groups in total. The van der Waals surface area contributed by atoms with Crippen LogP contribution in [0, 0.1) is 13.8 Å². The molecule has 2 aliphatic heterocycles. The van der Waals surface area contributed by atoms with E-state index in [2.05, 4.69) is 76.0 Å². The van der Waals surface area contributed by atoms with Crippen molar-refractivity contribution in [3.8, 4) is 17.2 Å². The summed E-state index contributed by atoms with van der Waals surface area (Å²) in [6, 6.07) is 22.7. The highest BCUT2D eigenvalue weighted by Gasteiger charge is 2.42. The number of hydrogen-bond donors (Lipinski definition) is 1. The summed E-state index contributed by atoms with van der Waals surface area (Å²) in [4.78, 5) is 9.02. The van der Waals surface area contributed by atoms with Gasteiger partial charge in [0.2, 0.25) is 6.79 Å². The van der Waals surface area contributed by atoms with Gasteiger partial charge in [-0.1, -0.05) is 6.07 Å². The molecular weight excluding hydrogens is 482 g/mol. The van der Waals surface area contributed by atoms with Crippen molar-refractivity contribution in [1.82, 2.24) is 14.9 Å². The molecule has 0 bridgehead atoms. The molecule has 8 heteroatoms. The molecule has 0 radical (unpaired) electrons. The van der Waals surface area contributed by atoms with Gasteiger partial charge in [0.1, 0.15) is 0 Å². The monoisotopic (exact) mass is 511 g/mol. The van der Waals surface area contributed by atoms with Crippen molar-refractivity contribution in [3.63, 3.8) is 0 Å². The van der Waals surface area contributed by atoms with Gasteiger partial charge in [-0.05, 0) is 86.2 Å². The zero-order chi connectivity index (χ0) is 25.7. The molecule has 2 aliphatic rings. The largest absolute Gasteiger partial charge is 0.454 e. The number of anilines is 2. The molecule has 0 saturated carbocycles. The van der Waals surface area contributed by atoms with E-state index in [0.717, 1.165) is 45.6 Å². The van der Waals surface area contributed by atoms with Crippen LogP contribution in [0.4, 0.5) is 11.4 Å². The predicted octanol–water partition coefficient (Wildman–Crippen LogP) is 5.46. The Bertz CT molecular complexity index is 1470. The molecule has 0 spiro atoms. The minimum Gasteiger partial charge on any atom is -0.454 e. The normalized spacial score (nSPS) is 18.3. The van der Waals surface area contributed by atoms with Crippen molar-refractivity contribution in [2.75, 3.05) is 30.7 Å². The van der Waals surface area contributed by atoms with Gasteiger partial charge in [0.25, 0.3) is 0 Å². The second-order valence-corrected chi connectivity index (χ2v) is 9.99. The van der Waals surface area contributed by atoms with Gasteiger partial charge in [-0.3, -0.25) is 4.98 Å². The zero-order valence-electron chi connectivity index (χ0n) is 21.3. The number of aryl methyl sites for hydroxylation is 1. The Kier molecular flexibility index (Phi) is 5.76. The second-order valence-electron chi connectivity index (χ2n) is 9.61. The highest BCUT2D eigenvalue weighted by Crippen LogP contribution is 2.44. The average molecular weight is 512 g/mol. The number of benzene rings is 2. The van der Waals surface area contributed by atoms with Crippen molar-refractivity contribution in [1.29, 1.82) is 0 Å². The minimum atomic E-state index is -0.104. The zero-order valence-corrected chi connectivity index (χ0v) is 22.1. The van der Waals surface area contributed by atoms with Gasteiger partial charge in [0.15, 0.2) is 16.6 Å². The number of pyridine rings is 1. The van der Waals surface area contributed by atoms with Gasteiger partial charge >= 0.3 is 0 Å². The van der Waals surface area contributed by atoms with Gasteiger partial charge in [-0.25, -0.2) is 0 Å². The van der Waals surface area contributed by atoms with E-state index in [0.29, 0.717) is 5.11 Å². The summed E-state index contributed by atoms with van der Waals surface area (Å²) in [6.45, 7) is 4.55. The first-order valence-electron chi connectivity index (χ1n) is 12.3. The fourth-order valence-electron chi connectivity index (χ4n) is 5.37. The van der Waals surface area contributed by atoms with E-state index in [1.54, 1.807) is 0 Å². The van der Waals surface area contributed by atoms with E-state index in [9.17, 15) is 0 Å². The SMILES string of the molecule is Cc1cc(C2C(c3ccccn3)NC(=S)N2c2ccc(N(C)C)cc2)c(C)n1-c1ccc2c(c1)OCO2. The first-order valence-corrected chi connectivity index (χ1v) is 12.7. The maximum atomic E-state index is 5.93. The van der Waals surface area contributed by atoms with Crippen LogP contribution < -0.4 is 24.6 Å². The van der Waals surface area contributed by atoms with Gasteiger partial charge < -0.3 is 29.2 Å². The van der Waals surface area contributed by atoms with Crippen molar-refractivity contribution < 1.29 is 9.47 Å². The van der Waals surface area contributed by atoms with Crippen LogP contribution in [-0.2, 0) is 0 Å². The third-order valence-corrected chi connectivity index (χ3v) is 7.46. The number of aromatic nitrogens is 2. The Labute approximate surface area is 222 Å². The lowest BCUT2D eigenvalue weighted by atomic mass is 9.96. The number of ether oxygens (including phenoxy) is 2. The Morgan fingerprint density at radius 1 is 0.946 bits per heavy atom. The molecule has 6 rings (SSSR count). The van der Waals surface area contributed by atoms with Crippen LogP contribution >= 0.6 is 12.2 Å². The molecule has 0 amide bonds. The molecule has 2 aromatic carbocycles. The molecule has 1 fully saturated rings. The lowest BCUT2D eigenvalue weighted by molar-refractivity contribution is 0.174. The number of hydrogen-bond acceptors (Lipinski definition) is 5. The van der Waals surface area contributed by atoms with Crippen LogP contribution in [-0.4, -0.2) is 35.6 Å². The third kappa shape index (κ3) is 3.97. The molecule has 0 aliphatic carbocycles. The second kappa shape index (κ2) is 9.12. The van der Waals surface area contributed by atoms with Gasteiger partial charge in [0, 0.05) is 54.8 Å². The van der Waals surface area contributed by atoms with E-state index >= 15 is 0 Å². The van der Waals surface area contributed by atoms with E-state index in [4.69, 9.17) is 26.7 Å². The minimum absolute atomic E-state index is 0.0819. The molecule has 188 valence electrons. The highest BCUT2D eigenvalue weighted by molar-refractivity contribution is 7.80. The van der Waals surface area contributed by atoms with Crippen LogP contribution in [0.1, 0.15) is 34.7 Å². The number of rotatable bonds is 5. The lowest BCUT2D eigenvalue weighted by Crippen LogP contribution is -2.29. The first kappa shape index (κ1) is 23.4. The molecule has 37 heavy (non-hydrogen) atoms. The van der Waals surface area contributed by atoms with Crippen LogP contribution in [0.25, 0.3) is 5.69 Å². The summed E-state index contributed by atoms with van der Waals surface area (Å²) < 4.78 is 13.4. The molecule has 1 saturated heterocycles. The topological polar surface area (TPSA) is 54.8 Å². The number of nitrogens with one attached hydrogen (secondary N) is 1. The van der Waals surface area contributed by atoms with E-state index in [1.165, 1.54) is 5.56 Å². The predicted molar refractivity (Wildman–Crippen MR) is 150 cm³/mol. The Balaban J connectivity index is 1.48. The maximum absolute atomic E-state index is 5.93. The molecule has 7 nitrogen and oxygen atoms in total. The number of thiocarbonyl (C=S) groups is 1. The summed E-state index contributed by atoms with van der Waals surface area (Å²) in [5, 5.41) is 4.26. The molecular formula is C29H29N5O2S. The molecule has 2 atom stereocenters. The van der Waals surface area contributed by atoms with Crippen LogP contribution in [0.5, 0.6) is 11.5 Å². The summed E-state index contributed by atoms with van der Waals surface area (Å²) in [7, 11) is 4.09. The molecule has 2 aromatic heterocycles. The Morgan fingerprint density at radius 3 is 2.43 bits per heavy atom. The maximum Gasteiger partial charge on any atom is 0.231 e. The first-order chi connectivity index (χ1) is 17.9. The molecule has 4 aromatic rings. The Hall–Kier alpha value is -4.04. The van der Waals surface area contributed by atoms with Gasteiger partial charge in [0.05, 0.1) is 17.8 Å². The average Bonchev–Trinajstić information content (AvgIpc) is 3.59. The van der Waals surface area contributed by atoms with Gasteiger partial charge in [-0.15, -0.1) is 0 Å². The lowest BCUT2D eigenvalue weighted by Gasteiger charge is -2.28. The summed E-state index contributed by atoms with van der Waals surface area (Å²) >= 11 is 5.93. The number of nitrogens with zero attached hydrogens (tertiary/aromatic N) is 4. The highest BCUT2D eigenvalue weighted by atomic mass is 32.1.